The molecular formula is C10H16N4O4. The lowest BCUT2D eigenvalue weighted by atomic mass is 10.3. The number of carboxylic acids is 1. The van der Waals surface area contributed by atoms with Gasteiger partial charge in [-0.15, -0.1) is 0 Å². The standard InChI is InChI=1S/C10H16N4O4/c1-5-8(6(2)14-13-5)12-10(17)11-4-7(18-3)9(15)16/h7H,4H2,1-3H3,(H,13,14)(H,15,16)(H2,11,12,17). The number of carboxylic acid groups (broad SMARTS) is 1. The Hall–Kier alpha value is -2.09. The van der Waals surface area contributed by atoms with Crippen LogP contribution in [-0.4, -0.2) is 47.1 Å². The monoisotopic (exact) mass is 256 g/mol. The minimum Gasteiger partial charge on any atom is -0.479 e. The first kappa shape index (κ1) is 14.0. The predicted molar refractivity (Wildman–Crippen MR) is 63.5 cm³/mol. The Morgan fingerprint density at radius 3 is 2.61 bits per heavy atom. The summed E-state index contributed by atoms with van der Waals surface area (Å²) >= 11 is 0. The molecule has 0 aromatic carbocycles. The van der Waals surface area contributed by atoms with Gasteiger partial charge >= 0.3 is 12.0 Å². The van der Waals surface area contributed by atoms with E-state index >= 15 is 0 Å². The molecule has 18 heavy (non-hydrogen) atoms. The van der Waals surface area contributed by atoms with Crippen LogP contribution in [-0.2, 0) is 9.53 Å². The van der Waals surface area contributed by atoms with E-state index in [0.29, 0.717) is 11.4 Å². The average Bonchev–Trinajstić information content (AvgIpc) is 2.61. The molecular weight excluding hydrogens is 240 g/mol. The van der Waals surface area contributed by atoms with Gasteiger partial charge in [0.1, 0.15) is 0 Å². The van der Waals surface area contributed by atoms with E-state index in [1.54, 1.807) is 13.8 Å². The van der Waals surface area contributed by atoms with Crippen molar-refractivity contribution in [1.29, 1.82) is 0 Å². The number of hydrogen-bond donors (Lipinski definition) is 4. The molecule has 100 valence electrons. The van der Waals surface area contributed by atoms with Crippen molar-refractivity contribution < 1.29 is 19.4 Å². The summed E-state index contributed by atoms with van der Waals surface area (Å²) < 4.78 is 4.68. The van der Waals surface area contributed by atoms with Crippen LogP contribution in [0.1, 0.15) is 11.4 Å². The van der Waals surface area contributed by atoms with Gasteiger partial charge in [0, 0.05) is 7.11 Å². The second kappa shape index (κ2) is 6.01. The van der Waals surface area contributed by atoms with Gasteiger partial charge in [-0.3, -0.25) is 5.10 Å². The molecule has 0 aliphatic rings. The Kier molecular flexibility index (Phi) is 4.67. The number of aromatic amines is 1. The number of methoxy groups -OCH3 is 1. The summed E-state index contributed by atoms with van der Waals surface area (Å²) in [6.45, 7) is 3.40. The molecule has 0 fully saturated rings. The summed E-state index contributed by atoms with van der Waals surface area (Å²) in [7, 11) is 1.27. The molecule has 0 radical (unpaired) electrons. The molecule has 0 saturated heterocycles. The number of ether oxygens (including phenoxy) is 1. The number of nitrogens with zero attached hydrogens (tertiary/aromatic N) is 1. The number of aliphatic carboxylic acids is 1. The van der Waals surface area contributed by atoms with E-state index in [1.807, 2.05) is 0 Å². The molecule has 0 aliphatic carbocycles. The quantitative estimate of drug-likeness (QED) is 0.602. The Morgan fingerprint density at radius 1 is 1.50 bits per heavy atom. The van der Waals surface area contributed by atoms with Crippen molar-refractivity contribution in [3.05, 3.63) is 11.4 Å². The van der Waals surface area contributed by atoms with Gasteiger partial charge in [0.15, 0.2) is 6.10 Å². The smallest absolute Gasteiger partial charge is 0.334 e. The van der Waals surface area contributed by atoms with Crippen molar-refractivity contribution in [1.82, 2.24) is 15.5 Å². The van der Waals surface area contributed by atoms with Crippen molar-refractivity contribution >= 4 is 17.7 Å². The van der Waals surface area contributed by atoms with Crippen LogP contribution in [0.5, 0.6) is 0 Å². The summed E-state index contributed by atoms with van der Waals surface area (Å²) in [6.07, 6.45) is -1.07. The van der Waals surface area contributed by atoms with Crippen molar-refractivity contribution in [2.75, 3.05) is 19.0 Å². The zero-order chi connectivity index (χ0) is 13.7. The molecule has 1 aromatic rings. The summed E-state index contributed by atoms with van der Waals surface area (Å²) in [5, 5.41) is 20.4. The first-order valence-electron chi connectivity index (χ1n) is 5.27. The van der Waals surface area contributed by atoms with Gasteiger partial charge in [-0.25, -0.2) is 9.59 Å². The van der Waals surface area contributed by atoms with Crippen LogP contribution in [0.4, 0.5) is 10.5 Å². The average molecular weight is 256 g/mol. The second-order valence-electron chi connectivity index (χ2n) is 3.71. The largest absolute Gasteiger partial charge is 0.479 e. The van der Waals surface area contributed by atoms with Gasteiger partial charge in [-0.1, -0.05) is 0 Å². The van der Waals surface area contributed by atoms with Gasteiger partial charge in [0.2, 0.25) is 0 Å². The van der Waals surface area contributed by atoms with E-state index < -0.39 is 18.1 Å². The fourth-order valence-electron chi connectivity index (χ4n) is 1.35. The molecule has 2 amide bonds. The summed E-state index contributed by atoms with van der Waals surface area (Å²) in [6, 6.07) is -0.508. The lowest BCUT2D eigenvalue weighted by Gasteiger charge is -2.12. The summed E-state index contributed by atoms with van der Waals surface area (Å²) in [5.74, 6) is -1.13. The topological polar surface area (TPSA) is 116 Å². The van der Waals surface area contributed by atoms with Crippen LogP contribution in [0.3, 0.4) is 0 Å². The molecule has 1 rings (SSSR count). The summed E-state index contributed by atoms with van der Waals surface area (Å²) in [5.41, 5.74) is 1.96. The molecule has 0 bridgehead atoms. The van der Waals surface area contributed by atoms with Crippen molar-refractivity contribution in [2.24, 2.45) is 0 Å². The zero-order valence-electron chi connectivity index (χ0n) is 10.4. The normalized spacial score (nSPS) is 11.9. The molecule has 1 atom stereocenters. The second-order valence-corrected chi connectivity index (χ2v) is 3.71. The molecule has 0 saturated carbocycles. The van der Waals surface area contributed by atoms with Crippen molar-refractivity contribution in [3.8, 4) is 0 Å². The number of amides is 2. The van der Waals surface area contributed by atoms with Gasteiger partial charge in [-0.2, -0.15) is 5.10 Å². The van der Waals surface area contributed by atoms with Gasteiger partial charge in [-0.05, 0) is 13.8 Å². The number of aromatic nitrogens is 2. The lowest BCUT2D eigenvalue weighted by Crippen LogP contribution is -2.39. The van der Waals surface area contributed by atoms with E-state index in [9.17, 15) is 9.59 Å². The van der Waals surface area contributed by atoms with Gasteiger partial charge in [0.05, 0.1) is 23.6 Å². The fraction of sp³-hybridized carbons (Fsp3) is 0.500. The van der Waals surface area contributed by atoms with Gasteiger partial charge < -0.3 is 20.5 Å². The van der Waals surface area contributed by atoms with Crippen LogP contribution in [0.25, 0.3) is 0 Å². The van der Waals surface area contributed by atoms with Crippen molar-refractivity contribution in [2.45, 2.75) is 20.0 Å². The van der Waals surface area contributed by atoms with Crippen LogP contribution < -0.4 is 10.6 Å². The van der Waals surface area contributed by atoms with Crippen LogP contribution in [0.2, 0.25) is 0 Å². The van der Waals surface area contributed by atoms with E-state index in [1.165, 1.54) is 7.11 Å². The zero-order valence-corrected chi connectivity index (χ0v) is 10.4. The third-order valence-corrected chi connectivity index (χ3v) is 2.37. The van der Waals surface area contributed by atoms with Crippen molar-refractivity contribution in [3.63, 3.8) is 0 Å². The van der Waals surface area contributed by atoms with E-state index in [0.717, 1.165) is 5.69 Å². The Morgan fingerprint density at radius 2 is 2.17 bits per heavy atom. The number of carbonyl (C=O) groups is 2. The van der Waals surface area contributed by atoms with Crippen LogP contribution >= 0.6 is 0 Å². The van der Waals surface area contributed by atoms with Gasteiger partial charge in [0.25, 0.3) is 0 Å². The molecule has 1 unspecified atom stereocenters. The molecule has 8 heteroatoms. The number of H-pyrrole nitrogens is 1. The first-order valence-corrected chi connectivity index (χ1v) is 5.27. The first-order chi connectivity index (χ1) is 8.45. The molecule has 1 aromatic heterocycles. The number of aryl methyl sites for hydroxylation is 2. The number of anilines is 1. The molecule has 1 heterocycles. The minimum atomic E-state index is -1.13. The Labute approximate surface area is 104 Å². The van der Waals surface area contributed by atoms with Crippen LogP contribution in [0, 0.1) is 13.8 Å². The van der Waals surface area contributed by atoms with E-state index in [4.69, 9.17) is 5.11 Å². The predicted octanol–water partition coefficient (Wildman–Crippen LogP) is 0.248. The molecule has 4 N–H and O–H groups in total. The molecule has 0 spiro atoms. The highest BCUT2D eigenvalue weighted by molar-refractivity contribution is 5.90. The number of nitrogens with one attached hydrogen (secondary N) is 3. The third kappa shape index (κ3) is 3.45. The number of urea groups is 1. The number of rotatable bonds is 5. The maximum absolute atomic E-state index is 11.5. The summed E-state index contributed by atoms with van der Waals surface area (Å²) in [4.78, 5) is 22.2. The number of hydrogen-bond acceptors (Lipinski definition) is 4. The fourth-order valence-corrected chi connectivity index (χ4v) is 1.35. The van der Waals surface area contributed by atoms with Crippen LogP contribution in [0.15, 0.2) is 0 Å². The van der Waals surface area contributed by atoms with E-state index in [2.05, 4.69) is 25.6 Å². The maximum Gasteiger partial charge on any atom is 0.334 e. The lowest BCUT2D eigenvalue weighted by molar-refractivity contribution is -0.147. The number of carbonyl (C=O) groups excluding carboxylic acids is 1. The maximum atomic E-state index is 11.5. The highest BCUT2D eigenvalue weighted by atomic mass is 16.5. The SMILES string of the molecule is COC(CNC(=O)Nc1c(C)n[nH]c1C)C(=O)O. The Balaban J connectivity index is 2.50. The van der Waals surface area contributed by atoms with E-state index in [-0.39, 0.29) is 6.54 Å². The minimum absolute atomic E-state index is 0.117. The third-order valence-electron chi connectivity index (χ3n) is 2.37. The Bertz CT molecular complexity index is 424. The highest BCUT2D eigenvalue weighted by Gasteiger charge is 2.17. The highest BCUT2D eigenvalue weighted by Crippen LogP contribution is 2.15. The molecule has 8 nitrogen and oxygen atoms in total. The molecule has 0 aliphatic heterocycles.